The van der Waals surface area contributed by atoms with E-state index < -0.39 is 5.97 Å². The molecule has 2 heterocycles. The van der Waals surface area contributed by atoms with E-state index in [4.69, 9.17) is 28.3 Å². The molecule has 0 aliphatic carbocycles. The monoisotopic (exact) mass is 410 g/mol. The zero-order chi connectivity index (χ0) is 19.7. The summed E-state index contributed by atoms with van der Waals surface area (Å²) in [5.74, 6) is -0.793. The first-order chi connectivity index (χ1) is 13.5. The molecule has 140 valence electrons. The molecular weight excluding hydrogens is 395 g/mol. The Bertz CT molecular complexity index is 1170. The molecule has 0 amide bonds. The number of aromatic nitrogens is 2. The van der Waals surface area contributed by atoms with E-state index in [-0.39, 0.29) is 6.42 Å². The number of hydrogen-bond donors (Lipinski definition) is 2. The highest BCUT2D eigenvalue weighted by Crippen LogP contribution is 2.36. The second kappa shape index (κ2) is 7.66. The summed E-state index contributed by atoms with van der Waals surface area (Å²) in [5.41, 5.74) is 5.55. The summed E-state index contributed by atoms with van der Waals surface area (Å²) in [6.07, 6.45) is 4.34. The third-order valence-electron chi connectivity index (χ3n) is 4.69. The van der Waals surface area contributed by atoms with Gasteiger partial charge in [-0.25, -0.2) is 4.98 Å². The summed E-state index contributed by atoms with van der Waals surface area (Å²) >= 11 is 12.5. The van der Waals surface area contributed by atoms with Crippen LogP contribution in [0.15, 0.2) is 60.9 Å². The van der Waals surface area contributed by atoms with Crippen molar-refractivity contribution in [3.63, 3.8) is 0 Å². The summed E-state index contributed by atoms with van der Waals surface area (Å²) in [6, 6.07) is 15.5. The molecule has 2 aromatic heterocycles. The van der Waals surface area contributed by atoms with E-state index >= 15 is 0 Å². The number of hydrogen-bond acceptors (Lipinski definition) is 2. The van der Waals surface area contributed by atoms with Gasteiger partial charge in [0.25, 0.3) is 0 Å². The van der Waals surface area contributed by atoms with Crippen molar-refractivity contribution in [2.45, 2.75) is 12.8 Å². The van der Waals surface area contributed by atoms with Gasteiger partial charge in [0.05, 0.1) is 10.0 Å². The smallest absolute Gasteiger partial charge is 0.303 e. The number of halogens is 2. The Kier molecular flexibility index (Phi) is 5.07. The van der Waals surface area contributed by atoms with E-state index in [1.165, 1.54) is 0 Å². The van der Waals surface area contributed by atoms with Gasteiger partial charge in [0.1, 0.15) is 5.65 Å². The first kappa shape index (κ1) is 18.5. The number of carboxylic acids is 1. The van der Waals surface area contributed by atoms with Crippen LogP contribution in [0.3, 0.4) is 0 Å². The van der Waals surface area contributed by atoms with Gasteiger partial charge < -0.3 is 10.1 Å². The van der Waals surface area contributed by atoms with Gasteiger partial charge in [-0.2, -0.15) is 0 Å². The van der Waals surface area contributed by atoms with Crippen molar-refractivity contribution in [3.05, 3.63) is 76.5 Å². The molecular formula is C22H16Cl2N2O2. The average molecular weight is 411 g/mol. The average Bonchev–Trinajstić information content (AvgIpc) is 3.12. The predicted octanol–water partition coefficient (Wildman–Crippen LogP) is 6.22. The van der Waals surface area contributed by atoms with Crippen LogP contribution in [-0.2, 0) is 11.2 Å². The number of pyridine rings is 1. The minimum absolute atomic E-state index is 0.125. The van der Waals surface area contributed by atoms with Gasteiger partial charge in [0.2, 0.25) is 0 Å². The molecule has 0 radical (unpaired) electrons. The summed E-state index contributed by atoms with van der Waals surface area (Å²) in [5, 5.41) is 10.8. The quantitative estimate of drug-likeness (QED) is 0.410. The van der Waals surface area contributed by atoms with Crippen LogP contribution < -0.4 is 0 Å². The van der Waals surface area contributed by atoms with E-state index in [2.05, 4.69) is 9.97 Å². The van der Waals surface area contributed by atoms with Crippen LogP contribution in [-0.4, -0.2) is 21.0 Å². The first-order valence-electron chi connectivity index (χ1n) is 8.75. The number of nitrogens with one attached hydrogen (secondary N) is 1. The van der Waals surface area contributed by atoms with Crippen LogP contribution in [0.1, 0.15) is 12.0 Å². The molecule has 0 atom stereocenters. The zero-order valence-electron chi connectivity index (χ0n) is 14.7. The predicted molar refractivity (Wildman–Crippen MR) is 113 cm³/mol. The van der Waals surface area contributed by atoms with Gasteiger partial charge in [-0.15, -0.1) is 0 Å². The summed E-state index contributed by atoms with van der Waals surface area (Å²) in [4.78, 5) is 18.5. The van der Waals surface area contributed by atoms with Gasteiger partial charge in [-0.1, -0.05) is 59.6 Å². The first-order valence-corrected chi connectivity index (χ1v) is 9.51. The molecule has 0 saturated carbocycles. The zero-order valence-corrected chi connectivity index (χ0v) is 16.3. The van der Waals surface area contributed by atoms with Crippen molar-refractivity contribution in [3.8, 4) is 22.3 Å². The Hall–Kier alpha value is -2.82. The molecule has 0 bridgehead atoms. The lowest BCUT2D eigenvalue weighted by Crippen LogP contribution is -1.97. The number of nitrogens with zero attached hydrogens (tertiary/aromatic N) is 1. The van der Waals surface area contributed by atoms with Crippen molar-refractivity contribution in [1.29, 1.82) is 0 Å². The number of aromatic amines is 1. The number of aliphatic carboxylic acids is 1. The second-order valence-corrected chi connectivity index (χ2v) is 7.30. The molecule has 0 aliphatic heterocycles. The minimum Gasteiger partial charge on any atom is -0.481 e. The summed E-state index contributed by atoms with van der Waals surface area (Å²) in [7, 11) is 0. The van der Waals surface area contributed by atoms with Crippen molar-refractivity contribution >= 4 is 40.2 Å². The van der Waals surface area contributed by atoms with Crippen LogP contribution in [0.2, 0.25) is 10.0 Å². The number of aryl methyl sites for hydroxylation is 1. The number of benzene rings is 2. The van der Waals surface area contributed by atoms with Crippen molar-refractivity contribution in [2.75, 3.05) is 0 Å². The van der Waals surface area contributed by atoms with Gasteiger partial charge in [-0.3, -0.25) is 4.79 Å². The fourth-order valence-corrected chi connectivity index (χ4v) is 3.63. The molecule has 0 unspecified atom stereocenters. The normalized spacial score (nSPS) is 11.1. The van der Waals surface area contributed by atoms with Gasteiger partial charge in [-0.05, 0) is 29.7 Å². The van der Waals surface area contributed by atoms with E-state index in [0.29, 0.717) is 16.5 Å². The molecule has 4 nitrogen and oxygen atoms in total. The Morgan fingerprint density at radius 1 is 1.04 bits per heavy atom. The third-order valence-corrected chi connectivity index (χ3v) is 5.51. The lowest BCUT2D eigenvalue weighted by Gasteiger charge is -2.07. The topological polar surface area (TPSA) is 66.0 Å². The highest BCUT2D eigenvalue weighted by atomic mass is 35.5. The fourth-order valence-electron chi connectivity index (χ4n) is 3.22. The Labute approximate surface area is 171 Å². The second-order valence-electron chi connectivity index (χ2n) is 6.51. The van der Waals surface area contributed by atoms with Gasteiger partial charge in [0, 0.05) is 40.9 Å². The number of carboxylic acid groups (broad SMARTS) is 1. The lowest BCUT2D eigenvalue weighted by molar-refractivity contribution is -0.136. The SMILES string of the molecule is O=C(O)CCc1ccc(-c2c[nH]c3ncc(-c4cccc(Cl)c4Cl)cc23)cc1. The molecule has 0 aliphatic rings. The van der Waals surface area contributed by atoms with Gasteiger partial charge in [0.15, 0.2) is 0 Å². The Morgan fingerprint density at radius 3 is 2.57 bits per heavy atom. The molecule has 0 spiro atoms. The van der Waals surface area contributed by atoms with Crippen molar-refractivity contribution in [1.82, 2.24) is 9.97 Å². The van der Waals surface area contributed by atoms with Crippen LogP contribution >= 0.6 is 23.2 Å². The molecule has 2 aromatic carbocycles. The molecule has 28 heavy (non-hydrogen) atoms. The van der Waals surface area contributed by atoms with Crippen LogP contribution in [0.4, 0.5) is 0 Å². The number of carbonyl (C=O) groups is 1. The molecule has 4 rings (SSSR count). The summed E-state index contributed by atoms with van der Waals surface area (Å²) < 4.78 is 0. The molecule has 6 heteroatoms. The van der Waals surface area contributed by atoms with E-state index in [1.54, 1.807) is 12.3 Å². The summed E-state index contributed by atoms with van der Waals surface area (Å²) in [6.45, 7) is 0. The minimum atomic E-state index is -0.793. The van der Waals surface area contributed by atoms with Crippen molar-refractivity contribution in [2.24, 2.45) is 0 Å². The third kappa shape index (κ3) is 3.61. The Morgan fingerprint density at radius 2 is 1.82 bits per heavy atom. The highest BCUT2D eigenvalue weighted by Gasteiger charge is 2.12. The van der Waals surface area contributed by atoms with Crippen molar-refractivity contribution < 1.29 is 9.90 Å². The standard InChI is InChI=1S/C22H16Cl2N2O2/c23-19-3-1-2-16(21(19)24)15-10-17-18(12-26-22(17)25-11-15)14-7-4-13(5-8-14)6-9-20(27)28/h1-5,7-8,10-12H,6,9H2,(H,25,26)(H,27,28). The molecule has 4 aromatic rings. The molecule has 2 N–H and O–H groups in total. The highest BCUT2D eigenvalue weighted by molar-refractivity contribution is 6.43. The van der Waals surface area contributed by atoms with E-state index in [9.17, 15) is 4.79 Å². The molecule has 0 saturated heterocycles. The maximum absolute atomic E-state index is 10.7. The number of rotatable bonds is 5. The maximum Gasteiger partial charge on any atom is 0.303 e. The Balaban J connectivity index is 1.72. The van der Waals surface area contributed by atoms with Crippen LogP contribution in [0.5, 0.6) is 0 Å². The van der Waals surface area contributed by atoms with E-state index in [1.807, 2.05) is 48.7 Å². The number of H-pyrrole nitrogens is 1. The van der Waals surface area contributed by atoms with Crippen LogP contribution in [0.25, 0.3) is 33.3 Å². The largest absolute Gasteiger partial charge is 0.481 e. The van der Waals surface area contributed by atoms with Crippen LogP contribution in [0, 0.1) is 0 Å². The lowest BCUT2D eigenvalue weighted by atomic mass is 10.0. The van der Waals surface area contributed by atoms with Gasteiger partial charge >= 0.3 is 5.97 Å². The number of fused-ring (bicyclic) bond motifs is 1. The molecule has 0 fully saturated rings. The maximum atomic E-state index is 10.7. The fraction of sp³-hybridized carbons (Fsp3) is 0.0909. The van der Waals surface area contributed by atoms with E-state index in [0.717, 1.165) is 38.9 Å².